The molecule has 0 saturated carbocycles. The number of benzene rings is 1. The molecular weight excluding hydrogens is 229 g/mol. The van der Waals surface area contributed by atoms with E-state index < -0.39 is 5.82 Å². The summed E-state index contributed by atoms with van der Waals surface area (Å²) < 4.78 is 13.7. The molecule has 0 fully saturated rings. The van der Waals surface area contributed by atoms with Crippen molar-refractivity contribution in [1.29, 1.82) is 0 Å². The second kappa shape index (κ2) is 4.22. The van der Waals surface area contributed by atoms with E-state index in [9.17, 15) is 4.39 Å². The quantitative estimate of drug-likeness (QED) is 0.805. The van der Waals surface area contributed by atoms with Crippen LogP contribution in [0, 0.1) is 11.7 Å². The molecule has 1 aromatic carbocycles. The second-order valence-electron chi connectivity index (χ2n) is 3.78. The molecule has 1 aliphatic heterocycles. The minimum Gasteiger partial charge on any atom is -0.385 e. The molecule has 0 aromatic heterocycles. The van der Waals surface area contributed by atoms with Crippen molar-refractivity contribution in [2.45, 2.75) is 13.3 Å². The third kappa shape index (κ3) is 1.93. The van der Waals surface area contributed by atoms with E-state index in [1.807, 2.05) is 6.92 Å². The first-order valence-corrected chi connectivity index (χ1v) is 5.31. The van der Waals surface area contributed by atoms with Gasteiger partial charge in [-0.15, -0.1) is 5.10 Å². The van der Waals surface area contributed by atoms with Crippen molar-refractivity contribution in [3.63, 3.8) is 0 Å². The number of nitrogens with zero attached hydrogens (tertiary/aromatic N) is 2. The lowest BCUT2D eigenvalue weighted by Gasteiger charge is -2.16. The molecule has 1 atom stereocenters. The maximum absolute atomic E-state index is 13.7. The van der Waals surface area contributed by atoms with Crippen LogP contribution < -0.4 is 5.73 Å². The van der Waals surface area contributed by atoms with Gasteiger partial charge >= 0.3 is 0 Å². The van der Waals surface area contributed by atoms with E-state index in [4.69, 9.17) is 17.3 Å². The Labute approximate surface area is 97.8 Å². The minimum absolute atomic E-state index is 0.0749. The molecule has 84 valence electrons. The van der Waals surface area contributed by atoms with E-state index >= 15 is 0 Å². The molecule has 0 spiro atoms. The van der Waals surface area contributed by atoms with Crippen molar-refractivity contribution >= 4 is 23.1 Å². The first kappa shape index (κ1) is 11.1. The van der Waals surface area contributed by atoms with Gasteiger partial charge in [-0.2, -0.15) is 5.10 Å². The summed E-state index contributed by atoms with van der Waals surface area (Å²) in [7, 11) is 0. The molecule has 0 saturated heterocycles. The van der Waals surface area contributed by atoms with Gasteiger partial charge in [-0.05, 0) is 6.07 Å². The van der Waals surface area contributed by atoms with Crippen LogP contribution in [0.5, 0.6) is 0 Å². The highest BCUT2D eigenvalue weighted by atomic mass is 35.5. The molecule has 2 rings (SSSR count). The van der Waals surface area contributed by atoms with Crippen LogP contribution in [0.4, 0.5) is 4.39 Å². The first-order chi connectivity index (χ1) is 7.59. The van der Waals surface area contributed by atoms with Crippen LogP contribution in [0.2, 0.25) is 5.02 Å². The minimum atomic E-state index is -0.453. The van der Waals surface area contributed by atoms with Gasteiger partial charge in [0, 0.05) is 17.9 Å². The van der Waals surface area contributed by atoms with Crippen LogP contribution in [-0.4, -0.2) is 11.5 Å². The van der Waals surface area contributed by atoms with Crippen molar-refractivity contribution in [2.75, 3.05) is 0 Å². The van der Waals surface area contributed by atoms with Crippen molar-refractivity contribution < 1.29 is 4.39 Å². The summed E-state index contributed by atoms with van der Waals surface area (Å²) in [6, 6.07) is 4.84. The van der Waals surface area contributed by atoms with Crippen molar-refractivity contribution in [2.24, 2.45) is 21.9 Å². The third-order valence-electron chi connectivity index (χ3n) is 2.55. The maximum Gasteiger partial charge on any atom is 0.150 e. The van der Waals surface area contributed by atoms with Gasteiger partial charge in [0.2, 0.25) is 0 Å². The molecule has 1 heterocycles. The Balaban J connectivity index is 2.43. The van der Waals surface area contributed by atoms with E-state index in [0.717, 1.165) is 0 Å². The molecule has 3 nitrogen and oxygen atoms in total. The Morgan fingerprint density at radius 3 is 2.88 bits per heavy atom. The summed E-state index contributed by atoms with van der Waals surface area (Å²) >= 11 is 5.71. The highest BCUT2D eigenvalue weighted by Gasteiger charge is 2.20. The highest BCUT2D eigenvalue weighted by Crippen LogP contribution is 2.22. The van der Waals surface area contributed by atoms with Crippen molar-refractivity contribution in [3.05, 3.63) is 34.6 Å². The van der Waals surface area contributed by atoms with Gasteiger partial charge < -0.3 is 5.73 Å². The van der Waals surface area contributed by atoms with Crippen LogP contribution in [-0.2, 0) is 0 Å². The van der Waals surface area contributed by atoms with Gasteiger partial charge in [0.25, 0.3) is 0 Å². The number of halogens is 2. The topological polar surface area (TPSA) is 50.7 Å². The van der Waals surface area contributed by atoms with Crippen molar-refractivity contribution in [1.82, 2.24) is 0 Å². The number of amidine groups is 1. The Morgan fingerprint density at radius 1 is 1.44 bits per heavy atom. The lowest BCUT2D eigenvalue weighted by Crippen LogP contribution is -2.27. The fourth-order valence-corrected chi connectivity index (χ4v) is 1.72. The van der Waals surface area contributed by atoms with Gasteiger partial charge in [-0.25, -0.2) is 4.39 Å². The molecule has 0 amide bonds. The van der Waals surface area contributed by atoms with E-state index in [2.05, 4.69) is 10.2 Å². The lowest BCUT2D eigenvalue weighted by atomic mass is 9.97. The zero-order valence-corrected chi connectivity index (χ0v) is 9.50. The summed E-state index contributed by atoms with van der Waals surface area (Å²) in [4.78, 5) is 0. The molecule has 2 N–H and O–H groups in total. The fraction of sp³-hybridized carbons (Fsp3) is 0.273. The third-order valence-corrected chi connectivity index (χ3v) is 2.85. The zero-order valence-electron chi connectivity index (χ0n) is 8.74. The van der Waals surface area contributed by atoms with Crippen LogP contribution in [0.3, 0.4) is 0 Å². The van der Waals surface area contributed by atoms with E-state index in [0.29, 0.717) is 23.5 Å². The number of rotatable bonds is 1. The molecule has 5 heteroatoms. The molecular formula is C11H11ClFN3. The molecule has 16 heavy (non-hydrogen) atoms. The Bertz CT molecular complexity index is 482. The van der Waals surface area contributed by atoms with Crippen LogP contribution >= 0.6 is 11.6 Å². The van der Waals surface area contributed by atoms with Gasteiger partial charge in [0.05, 0.1) is 10.7 Å². The Kier molecular flexibility index (Phi) is 2.92. The SMILES string of the molecule is CC1CC(c2cccc(Cl)c2F)=NN=C1N. The van der Waals surface area contributed by atoms with E-state index in [1.165, 1.54) is 6.07 Å². The lowest BCUT2D eigenvalue weighted by molar-refractivity contribution is 0.623. The average Bonchev–Trinajstić information content (AvgIpc) is 2.26. The summed E-state index contributed by atoms with van der Waals surface area (Å²) in [5.74, 6) is 0.0999. The van der Waals surface area contributed by atoms with Gasteiger partial charge in [0.15, 0.2) is 5.82 Å². The van der Waals surface area contributed by atoms with E-state index in [1.54, 1.807) is 12.1 Å². The Hall–Kier alpha value is -1.42. The predicted octanol–water partition coefficient (Wildman–Crippen LogP) is 2.58. The van der Waals surface area contributed by atoms with Crippen LogP contribution in [0.1, 0.15) is 18.9 Å². The normalized spacial score (nSPS) is 20.3. The maximum atomic E-state index is 13.7. The van der Waals surface area contributed by atoms with Crippen LogP contribution in [0.15, 0.2) is 28.4 Å². The molecule has 1 aromatic rings. The Morgan fingerprint density at radius 2 is 2.19 bits per heavy atom. The molecule has 1 unspecified atom stereocenters. The second-order valence-corrected chi connectivity index (χ2v) is 4.19. The van der Waals surface area contributed by atoms with Gasteiger partial charge in [-0.1, -0.05) is 30.7 Å². The van der Waals surface area contributed by atoms with Crippen molar-refractivity contribution in [3.8, 4) is 0 Å². The average molecular weight is 240 g/mol. The van der Waals surface area contributed by atoms with Crippen LogP contribution in [0.25, 0.3) is 0 Å². The largest absolute Gasteiger partial charge is 0.385 e. The molecule has 0 aliphatic carbocycles. The van der Waals surface area contributed by atoms with Gasteiger partial charge in [0.1, 0.15) is 5.84 Å². The van der Waals surface area contributed by atoms with Gasteiger partial charge in [-0.3, -0.25) is 0 Å². The predicted molar refractivity (Wildman–Crippen MR) is 63.4 cm³/mol. The smallest absolute Gasteiger partial charge is 0.150 e. The number of nitrogens with two attached hydrogens (primary N) is 1. The molecule has 0 bridgehead atoms. The van der Waals surface area contributed by atoms with E-state index in [-0.39, 0.29) is 10.9 Å². The fourth-order valence-electron chi connectivity index (χ4n) is 1.54. The summed E-state index contributed by atoms with van der Waals surface area (Å²) in [6.07, 6.45) is 0.576. The monoisotopic (exact) mass is 239 g/mol. The summed E-state index contributed by atoms with van der Waals surface area (Å²) in [6.45, 7) is 1.93. The number of hydrogen-bond acceptors (Lipinski definition) is 3. The molecule has 1 aliphatic rings. The first-order valence-electron chi connectivity index (χ1n) is 4.94. The zero-order chi connectivity index (χ0) is 11.7. The summed E-state index contributed by atoms with van der Waals surface area (Å²) in [5.41, 5.74) is 6.59. The summed E-state index contributed by atoms with van der Waals surface area (Å²) in [5, 5.41) is 7.82. The highest BCUT2D eigenvalue weighted by molar-refractivity contribution is 6.31. The standard InChI is InChI=1S/C11H11ClFN3/c1-6-5-9(15-16-11(6)14)7-3-2-4-8(12)10(7)13/h2-4,6H,5H2,1H3,(H2,14,16). The number of hydrogen-bond donors (Lipinski definition) is 1. The molecule has 0 radical (unpaired) electrons.